The van der Waals surface area contributed by atoms with Crippen LogP contribution in [0.3, 0.4) is 0 Å². The van der Waals surface area contributed by atoms with Crippen molar-refractivity contribution in [1.82, 2.24) is 4.31 Å². The summed E-state index contributed by atoms with van der Waals surface area (Å²) in [6, 6.07) is 15.2. The van der Waals surface area contributed by atoms with Gasteiger partial charge in [0, 0.05) is 24.1 Å². The van der Waals surface area contributed by atoms with Gasteiger partial charge in [-0.1, -0.05) is 63.2 Å². The second kappa shape index (κ2) is 10.8. The fourth-order valence-electron chi connectivity index (χ4n) is 5.21. The molecule has 4 rings (SSSR count). The number of nitro groups is 1. The van der Waals surface area contributed by atoms with Crippen LogP contribution in [0, 0.1) is 15.5 Å². The van der Waals surface area contributed by atoms with E-state index >= 15 is 0 Å². The standard InChI is InChI=1S/C28H40N2O6SSi/c1-27(2,3)38(4,5)36-20-23-15-17-28(18-16-26(28)35-19-22-11-7-6-8-12-22)21-29(23)37(33,34)25-14-10-9-13-24(25)30(31)32/h6-14,23,26H,15-21H2,1-5H3. The van der Waals surface area contributed by atoms with Crippen LogP contribution in [0.4, 0.5) is 5.69 Å². The van der Waals surface area contributed by atoms with Crippen molar-refractivity contribution in [3.8, 4) is 0 Å². The van der Waals surface area contributed by atoms with E-state index in [0.29, 0.717) is 13.0 Å². The molecule has 2 aromatic carbocycles. The van der Waals surface area contributed by atoms with E-state index in [1.54, 1.807) is 0 Å². The van der Waals surface area contributed by atoms with Crippen LogP contribution in [0.25, 0.3) is 0 Å². The van der Waals surface area contributed by atoms with Gasteiger partial charge in [-0.3, -0.25) is 10.1 Å². The van der Waals surface area contributed by atoms with Crippen LogP contribution < -0.4 is 0 Å². The first kappa shape index (κ1) is 28.9. The lowest BCUT2D eigenvalue weighted by Crippen LogP contribution is -2.61. The van der Waals surface area contributed by atoms with Crippen LogP contribution >= 0.6 is 0 Å². The second-order valence-corrected chi connectivity index (χ2v) is 18.9. The first-order chi connectivity index (χ1) is 17.8. The van der Waals surface area contributed by atoms with Crippen LogP contribution in [0.15, 0.2) is 59.5 Å². The number of sulfonamides is 1. The zero-order chi connectivity index (χ0) is 27.8. The number of para-hydroxylation sites is 1. The fraction of sp³-hybridized carbons (Fsp3) is 0.571. The zero-order valence-corrected chi connectivity index (χ0v) is 24.9. The Labute approximate surface area is 227 Å². The molecule has 1 spiro atoms. The third kappa shape index (κ3) is 5.74. The van der Waals surface area contributed by atoms with Crippen molar-refractivity contribution < 1.29 is 22.5 Å². The van der Waals surface area contributed by atoms with Crippen LogP contribution in [0.2, 0.25) is 18.1 Å². The van der Waals surface area contributed by atoms with Gasteiger partial charge in [-0.15, -0.1) is 0 Å². The molecular weight excluding hydrogens is 520 g/mol. The molecule has 1 saturated heterocycles. The molecule has 1 heterocycles. The van der Waals surface area contributed by atoms with E-state index in [1.807, 2.05) is 30.3 Å². The first-order valence-corrected chi connectivity index (χ1v) is 17.7. The van der Waals surface area contributed by atoms with Crippen molar-refractivity contribution in [2.75, 3.05) is 13.2 Å². The predicted molar refractivity (Wildman–Crippen MR) is 150 cm³/mol. The summed E-state index contributed by atoms with van der Waals surface area (Å²) in [5.41, 5.74) is 0.371. The summed E-state index contributed by atoms with van der Waals surface area (Å²) in [7, 11) is -6.29. The number of piperidine rings is 1. The Morgan fingerprint density at radius 1 is 1.05 bits per heavy atom. The van der Waals surface area contributed by atoms with E-state index in [0.717, 1.165) is 24.8 Å². The molecule has 0 bridgehead atoms. The van der Waals surface area contributed by atoms with Gasteiger partial charge in [0.1, 0.15) is 0 Å². The van der Waals surface area contributed by atoms with E-state index in [-0.39, 0.29) is 34.6 Å². The molecule has 3 unspecified atom stereocenters. The molecule has 10 heteroatoms. The van der Waals surface area contributed by atoms with Crippen molar-refractivity contribution in [2.24, 2.45) is 5.41 Å². The second-order valence-electron chi connectivity index (χ2n) is 12.2. The van der Waals surface area contributed by atoms with Crippen molar-refractivity contribution >= 4 is 24.0 Å². The Bertz CT molecular complexity index is 1250. The maximum Gasteiger partial charge on any atom is 0.289 e. The van der Waals surface area contributed by atoms with Gasteiger partial charge in [0.15, 0.2) is 13.2 Å². The highest BCUT2D eigenvalue weighted by atomic mass is 32.2. The zero-order valence-electron chi connectivity index (χ0n) is 23.1. The predicted octanol–water partition coefficient (Wildman–Crippen LogP) is 6.14. The number of nitro benzene ring substituents is 1. The summed E-state index contributed by atoms with van der Waals surface area (Å²) in [6.45, 7) is 11.8. The fourth-order valence-corrected chi connectivity index (χ4v) is 8.14. The molecule has 1 aliphatic heterocycles. The normalized spacial score (nSPS) is 24.8. The van der Waals surface area contributed by atoms with Gasteiger partial charge in [0.2, 0.25) is 10.0 Å². The monoisotopic (exact) mass is 560 g/mol. The van der Waals surface area contributed by atoms with Gasteiger partial charge in [0.05, 0.1) is 24.2 Å². The maximum absolute atomic E-state index is 14.1. The van der Waals surface area contributed by atoms with Crippen LogP contribution in [-0.4, -0.2) is 51.3 Å². The largest absolute Gasteiger partial charge is 0.415 e. The van der Waals surface area contributed by atoms with Gasteiger partial charge < -0.3 is 9.16 Å². The van der Waals surface area contributed by atoms with Gasteiger partial charge in [-0.2, -0.15) is 4.31 Å². The lowest BCUT2D eigenvalue weighted by atomic mass is 9.61. The van der Waals surface area contributed by atoms with E-state index in [4.69, 9.17) is 9.16 Å². The minimum absolute atomic E-state index is 0.0187. The van der Waals surface area contributed by atoms with Crippen LogP contribution in [-0.2, 0) is 25.8 Å². The highest BCUT2D eigenvalue weighted by Gasteiger charge is 2.55. The highest BCUT2D eigenvalue weighted by molar-refractivity contribution is 7.89. The van der Waals surface area contributed by atoms with Gasteiger partial charge in [-0.05, 0) is 55.4 Å². The minimum atomic E-state index is -4.16. The number of nitrogens with zero attached hydrogens (tertiary/aromatic N) is 2. The molecule has 0 amide bonds. The number of ether oxygens (including phenoxy) is 1. The van der Waals surface area contributed by atoms with Crippen LogP contribution in [0.1, 0.15) is 52.0 Å². The molecule has 3 atom stereocenters. The molecule has 2 fully saturated rings. The summed E-state index contributed by atoms with van der Waals surface area (Å²) in [6.07, 6.45) is 3.14. The Balaban J connectivity index is 1.62. The minimum Gasteiger partial charge on any atom is -0.415 e. The number of hydrogen-bond acceptors (Lipinski definition) is 6. The number of benzene rings is 2. The lowest BCUT2D eigenvalue weighted by molar-refractivity contribution is -0.387. The SMILES string of the molecule is CC(C)(C)[Si](C)(C)OCC1CCC2(CCC2OCc2ccccc2)CN1S(=O)(=O)c1ccccc1[N+](=O)[O-]. The number of rotatable bonds is 9. The average molecular weight is 561 g/mol. The molecule has 0 radical (unpaired) electrons. The summed E-state index contributed by atoms with van der Waals surface area (Å²) in [5.74, 6) is 0. The Morgan fingerprint density at radius 2 is 1.68 bits per heavy atom. The first-order valence-electron chi connectivity index (χ1n) is 13.3. The topological polar surface area (TPSA) is 99.0 Å². The van der Waals surface area contributed by atoms with Gasteiger partial charge in [-0.25, -0.2) is 8.42 Å². The van der Waals surface area contributed by atoms with Crippen molar-refractivity contribution in [1.29, 1.82) is 0 Å². The molecule has 0 aromatic heterocycles. The van der Waals surface area contributed by atoms with Crippen LogP contribution in [0.5, 0.6) is 0 Å². The van der Waals surface area contributed by atoms with Gasteiger partial charge >= 0.3 is 0 Å². The smallest absolute Gasteiger partial charge is 0.289 e. The summed E-state index contributed by atoms with van der Waals surface area (Å²) in [4.78, 5) is 10.9. The molecule has 2 aromatic rings. The highest BCUT2D eigenvalue weighted by Crippen LogP contribution is 2.52. The third-order valence-corrected chi connectivity index (χ3v) is 15.3. The van der Waals surface area contributed by atoms with Crippen molar-refractivity contribution in [2.45, 2.75) is 88.2 Å². The quantitative estimate of drug-likeness (QED) is 0.208. The van der Waals surface area contributed by atoms with E-state index in [2.05, 4.69) is 33.9 Å². The lowest BCUT2D eigenvalue weighted by Gasteiger charge is -2.55. The van der Waals surface area contributed by atoms with E-state index < -0.39 is 35.0 Å². The Kier molecular flexibility index (Phi) is 8.21. The van der Waals surface area contributed by atoms with Crippen molar-refractivity contribution in [3.63, 3.8) is 0 Å². The van der Waals surface area contributed by atoms with E-state index in [1.165, 1.54) is 28.6 Å². The molecule has 1 aliphatic carbocycles. The molecule has 1 saturated carbocycles. The Morgan fingerprint density at radius 3 is 2.29 bits per heavy atom. The molecular formula is C28H40N2O6SSi. The molecule has 2 aliphatic rings. The molecule has 38 heavy (non-hydrogen) atoms. The van der Waals surface area contributed by atoms with E-state index in [9.17, 15) is 18.5 Å². The molecule has 8 nitrogen and oxygen atoms in total. The average Bonchev–Trinajstić information content (AvgIpc) is 2.86. The summed E-state index contributed by atoms with van der Waals surface area (Å²) in [5, 5.41) is 11.7. The number of hydrogen-bond donors (Lipinski definition) is 0. The summed E-state index contributed by atoms with van der Waals surface area (Å²) < 4.78 is 42.5. The Hall–Kier alpha value is -2.11. The van der Waals surface area contributed by atoms with Gasteiger partial charge in [0.25, 0.3) is 5.69 Å². The molecule has 0 N–H and O–H groups in total. The van der Waals surface area contributed by atoms with Crippen molar-refractivity contribution in [3.05, 3.63) is 70.3 Å². The summed E-state index contributed by atoms with van der Waals surface area (Å²) >= 11 is 0. The third-order valence-electron chi connectivity index (χ3n) is 8.83. The molecule has 208 valence electrons. The maximum atomic E-state index is 14.1.